The second-order valence-electron chi connectivity index (χ2n) is 3.82. The van der Waals surface area contributed by atoms with Gasteiger partial charge in [0.15, 0.2) is 0 Å². The van der Waals surface area contributed by atoms with Gasteiger partial charge in [-0.2, -0.15) is 0 Å². The average Bonchev–Trinajstić information content (AvgIpc) is 2.42. The summed E-state index contributed by atoms with van der Waals surface area (Å²) in [6.07, 6.45) is 1.96. The van der Waals surface area contributed by atoms with Crippen molar-refractivity contribution in [1.82, 2.24) is 0 Å². The zero-order chi connectivity index (χ0) is 12.8. The van der Waals surface area contributed by atoms with Gasteiger partial charge in [0.2, 0.25) is 11.2 Å². The first-order chi connectivity index (χ1) is 8.79. The van der Waals surface area contributed by atoms with E-state index in [-0.39, 0.29) is 23.5 Å². The highest BCUT2D eigenvalue weighted by Gasteiger charge is 2.03. The van der Waals surface area contributed by atoms with Crippen molar-refractivity contribution < 1.29 is 14.3 Å². The minimum atomic E-state index is -0.292. The molecule has 0 spiro atoms. The van der Waals surface area contributed by atoms with E-state index in [0.717, 1.165) is 12.0 Å². The van der Waals surface area contributed by atoms with Crippen LogP contribution in [0.2, 0.25) is 0 Å². The summed E-state index contributed by atoms with van der Waals surface area (Å²) in [7, 11) is 0. The van der Waals surface area contributed by atoms with Gasteiger partial charge in [-0.05, 0) is 5.56 Å². The summed E-state index contributed by atoms with van der Waals surface area (Å²) >= 11 is 0. The number of rotatable bonds is 5. The third-order valence-corrected chi connectivity index (χ3v) is 2.50. The summed E-state index contributed by atoms with van der Waals surface area (Å²) < 4.78 is 10.4. The first-order valence-electron chi connectivity index (χ1n) is 5.69. The number of hydrogen-bond donors (Lipinski definition) is 1. The monoisotopic (exact) mass is 246 g/mol. The zero-order valence-electron chi connectivity index (χ0n) is 9.83. The van der Waals surface area contributed by atoms with Crippen LogP contribution < -0.4 is 10.2 Å². The first kappa shape index (κ1) is 12.4. The Kier molecular flexibility index (Phi) is 4.15. The fourth-order valence-corrected chi connectivity index (χ4v) is 1.55. The largest absolute Gasteiger partial charge is 0.486 e. The molecule has 0 radical (unpaired) electrons. The van der Waals surface area contributed by atoms with Gasteiger partial charge in [0.05, 0.1) is 6.61 Å². The van der Waals surface area contributed by atoms with Gasteiger partial charge in [0, 0.05) is 12.5 Å². The van der Waals surface area contributed by atoms with Crippen molar-refractivity contribution in [3.8, 4) is 5.75 Å². The van der Waals surface area contributed by atoms with E-state index < -0.39 is 0 Å². The van der Waals surface area contributed by atoms with Gasteiger partial charge in [-0.1, -0.05) is 30.3 Å². The van der Waals surface area contributed by atoms with Gasteiger partial charge < -0.3 is 14.3 Å². The molecule has 0 unspecified atom stereocenters. The molecule has 1 aromatic heterocycles. The van der Waals surface area contributed by atoms with E-state index in [4.69, 9.17) is 14.3 Å². The Morgan fingerprint density at radius 1 is 1.22 bits per heavy atom. The molecule has 1 heterocycles. The van der Waals surface area contributed by atoms with Crippen LogP contribution in [0.15, 0.2) is 51.9 Å². The maximum absolute atomic E-state index is 11.5. The molecule has 0 atom stereocenters. The van der Waals surface area contributed by atoms with Gasteiger partial charge in [-0.25, -0.2) is 0 Å². The lowest BCUT2D eigenvalue weighted by Gasteiger charge is -2.05. The first-order valence-corrected chi connectivity index (χ1v) is 5.69. The molecule has 94 valence electrons. The van der Waals surface area contributed by atoms with Gasteiger partial charge in [0.25, 0.3) is 0 Å². The predicted molar refractivity (Wildman–Crippen MR) is 66.5 cm³/mol. The van der Waals surface area contributed by atoms with Crippen molar-refractivity contribution in [2.24, 2.45) is 0 Å². The molecule has 0 aliphatic heterocycles. The highest BCUT2D eigenvalue weighted by molar-refractivity contribution is 5.18. The van der Waals surface area contributed by atoms with Crippen molar-refractivity contribution in [2.75, 3.05) is 6.61 Å². The normalized spacial score (nSPS) is 10.3. The Hall–Kier alpha value is -2.07. The standard InChI is InChI=1S/C14H14O4/c15-9-12-8-13(16)14(10-18-12)17-7-6-11-4-2-1-3-5-11/h1-5,8,10,15H,6-7,9H2. The summed E-state index contributed by atoms with van der Waals surface area (Å²) in [5.41, 5.74) is 0.868. The molecule has 1 N–H and O–H groups in total. The van der Waals surface area contributed by atoms with Crippen LogP contribution in [0.1, 0.15) is 11.3 Å². The molecule has 1 aromatic carbocycles. The Morgan fingerprint density at radius 3 is 2.67 bits per heavy atom. The molecule has 4 nitrogen and oxygen atoms in total. The Morgan fingerprint density at radius 2 is 2.00 bits per heavy atom. The van der Waals surface area contributed by atoms with Crippen LogP contribution >= 0.6 is 0 Å². The van der Waals surface area contributed by atoms with Crippen LogP contribution in [-0.4, -0.2) is 11.7 Å². The number of hydrogen-bond acceptors (Lipinski definition) is 4. The number of aliphatic hydroxyl groups excluding tert-OH is 1. The lowest BCUT2D eigenvalue weighted by atomic mass is 10.2. The fourth-order valence-electron chi connectivity index (χ4n) is 1.55. The van der Waals surface area contributed by atoms with Gasteiger partial charge in [-0.15, -0.1) is 0 Å². The summed E-state index contributed by atoms with van der Waals surface area (Å²) in [5.74, 6) is 0.401. The number of ether oxygens (including phenoxy) is 1. The molecule has 18 heavy (non-hydrogen) atoms. The van der Waals surface area contributed by atoms with E-state index in [2.05, 4.69) is 0 Å². The van der Waals surface area contributed by atoms with Crippen LogP contribution in [0, 0.1) is 0 Å². The highest BCUT2D eigenvalue weighted by Crippen LogP contribution is 2.07. The van der Waals surface area contributed by atoms with Gasteiger partial charge in [-0.3, -0.25) is 4.79 Å². The van der Waals surface area contributed by atoms with Crippen LogP contribution in [0.5, 0.6) is 5.75 Å². The average molecular weight is 246 g/mol. The minimum Gasteiger partial charge on any atom is -0.486 e. The Labute approximate surface area is 104 Å². The molecule has 0 amide bonds. The van der Waals surface area contributed by atoms with Crippen LogP contribution in [-0.2, 0) is 13.0 Å². The van der Waals surface area contributed by atoms with E-state index in [9.17, 15) is 4.79 Å². The van der Waals surface area contributed by atoms with E-state index in [0.29, 0.717) is 6.61 Å². The second kappa shape index (κ2) is 6.02. The summed E-state index contributed by atoms with van der Waals surface area (Å²) in [5, 5.41) is 8.80. The lowest BCUT2D eigenvalue weighted by molar-refractivity contribution is 0.237. The van der Waals surface area contributed by atoms with Crippen molar-refractivity contribution in [2.45, 2.75) is 13.0 Å². The number of benzene rings is 1. The molecular formula is C14H14O4. The topological polar surface area (TPSA) is 59.7 Å². The summed E-state index contributed by atoms with van der Waals surface area (Å²) in [4.78, 5) is 11.5. The van der Waals surface area contributed by atoms with Crippen molar-refractivity contribution in [3.63, 3.8) is 0 Å². The molecule has 4 heteroatoms. The van der Waals surface area contributed by atoms with Crippen molar-refractivity contribution >= 4 is 0 Å². The molecular weight excluding hydrogens is 232 g/mol. The molecule has 0 saturated carbocycles. The Balaban J connectivity index is 1.93. The minimum absolute atomic E-state index is 0.170. The van der Waals surface area contributed by atoms with E-state index in [1.807, 2.05) is 30.3 Å². The van der Waals surface area contributed by atoms with E-state index in [1.54, 1.807) is 0 Å². The molecule has 2 rings (SSSR count). The summed E-state index contributed by atoms with van der Waals surface area (Å²) in [6.45, 7) is 0.118. The van der Waals surface area contributed by atoms with Crippen LogP contribution in [0.4, 0.5) is 0 Å². The van der Waals surface area contributed by atoms with Crippen molar-refractivity contribution in [3.05, 3.63) is 64.2 Å². The van der Waals surface area contributed by atoms with Gasteiger partial charge in [0.1, 0.15) is 18.6 Å². The quantitative estimate of drug-likeness (QED) is 0.873. The van der Waals surface area contributed by atoms with Gasteiger partial charge >= 0.3 is 0 Å². The fraction of sp³-hybridized carbons (Fsp3) is 0.214. The maximum atomic E-state index is 11.5. The maximum Gasteiger partial charge on any atom is 0.227 e. The highest BCUT2D eigenvalue weighted by atomic mass is 16.5. The third-order valence-electron chi connectivity index (χ3n) is 2.50. The Bertz CT molecular complexity index is 545. The zero-order valence-corrected chi connectivity index (χ0v) is 9.83. The molecule has 0 fully saturated rings. The predicted octanol–water partition coefficient (Wildman–Crippen LogP) is 1.75. The van der Waals surface area contributed by atoms with Crippen LogP contribution in [0.3, 0.4) is 0 Å². The van der Waals surface area contributed by atoms with E-state index in [1.165, 1.54) is 12.3 Å². The molecule has 0 bridgehead atoms. The lowest BCUT2D eigenvalue weighted by Crippen LogP contribution is -2.10. The molecule has 0 saturated heterocycles. The third kappa shape index (κ3) is 3.21. The molecule has 2 aromatic rings. The smallest absolute Gasteiger partial charge is 0.227 e. The number of aliphatic hydroxyl groups is 1. The van der Waals surface area contributed by atoms with E-state index >= 15 is 0 Å². The SMILES string of the molecule is O=c1cc(CO)occ1OCCc1ccccc1. The molecule has 0 aliphatic carbocycles. The van der Waals surface area contributed by atoms with Crippen LogP contribution in [0.25, 0.3) is 0 Å². The second-order valence-corrected chi connectivity index (χ2v) is 3.82. The van der Waals surface area contributed by atoms with Crippen molar-refractivity contribution in [1.29, 1.82) is 0 Å². The molecule has 0 aliphatic rings. The summed E-state index contributed by atoms with van der Waals surface area (Å²) in [6, 6.07) is 11.1.